The number of nitrogens with zero attached hydrogens (tertiary/aromatic N) is 1. The third-order valence-electron chi connectivity index (χ3n) is 3.61. The molecule has 0 radical (unpaired) electrons. The summed E-state index contributed by atoms with van der Waals surface area (Å²) in [6, 6.07) is 13.2. The molecule has 2 aromatic carbocycles. The smallest absolute Gasteiger partial charge is 0.406 e. The van der Waals surface area contributed by atoms with Crippen LogP contribution in [-0.4, -0.2) is 12.5 Å². The van der Waals surface area contributed by atoms with Gasteiger partial charge in [-0.3, -0.25) is 4.42 Å². The second-order valence-electron chi connectivity index (χ2n) is 5.34. The summed E-state index contributed by atoms with van der Waals surface area (Å²) in [5, 5.41) is 3.17. The minimum absolute atomic E-state index is 0.267. The number of ether oxygens (including phenoxy) is 1. The quantitative estimate of drug-likeness (QED) is 0.747. The highest BCUT2D eigenvalue weighted by Crippen LogP contribution is 2.35. The summed E-state index contributed by atoms with van der Waals surface area (Å²) in [6.45, 7) is 1.98. The predicted molar refractivity (Wildman–Crippen MR) is 89.0 cm³/mol. The molecule has 0 aromatic heterocycles. The number of allylic oxidation sites excluding steroid dienone is 1. The van der Waals surface area contributed by atoms with Crippen molar-refractivity contribution >= 4 is 28.7 Å². The molecule has 3 rings (SSSR count). The number of halogens is 4. The average Bonchev–Trinajstić information content (AvgIpc) is 2.53. The van der Waals surface area contributed by atoms with E-state index in [1.807, 2.05) is 37.3 Å². The standard InChI is InChI=1S/C17H14ClF3N2O/c1-11-10-16(23(18)15-5-3-2-4-14(11)15)22-12-6-8-13(9-7-12)24-17(19,20)21/h2-10,16,22H,1H3. The average molecular weight is 355 g/mol. The first-order valence-electron chi connectivity index (χ1n) is 7.19. The molecule has 0 fully saturated rings. The van der Waals surface area contributed by atoms with Crippen LogP contribution >= 0.6 is 11.8 Å². The van der Waals surface area contributed by atoms with Gasteiger partial charge in [0.1, 0.15) is 11.9 Å². The Bertz CT molecular complexity index is 759. The van der Waals surface area contributed by atoms with Gasteiger partial charge in [-0.1, -0.05) is 18.2 Å². The fourth-order valence-corrected chi connectivity index (χ4v) is 2.81. The van der Waals surface area contributed by atoms with Crippen LogP contribution in [0.5, 0.6) is 5.75 Å². The number of alkyl halides is 3. The minimum atomic E-state index is -4.70. The normalized spacial score (nSPS) is 17.1. The van der Waals surface area contributed by atoms with Crippen LogP contribution < -0.4 is 14.5 Å². The first-order valence-corrected chi connectivity index (χ1v) is 7.52. The van der Waals surface area contributed by atoms with Gasteiger partial charge in [-0.05, 0) is 48.9 Å². The number of anilines is 2. The Labute approximate surface area is 142 Å². The summed E-state index contributed by atoms with van der Waals surface area (Å²) in [5.74, 6) is -0.267. The SMILES string of the molecule is CC1=CC(Nc2ccc(OC(F)(F)F)cc2)N(Cl)c2ccccc21. The summed E-state index contributed by atoms with van der Waals surface area (Å²) in [4.78, 5) is 0. The van der Waals surface area contributed by atoms with E-state index in [4.69, 9.17) is 11.8 Å². The molecule has 1 aliphatic rings. The lowest BCUT2D eigenvalue weighted by atomic mass is 10.0. The van der Waals surface area contributed by atoms with Crippen LogP contribution in [0.4, 0.5) is 24.5 Å². The number of hydrogen-bond donors (Lipinski definition) is 1. The van der Waals surface area contributed by atoms with Crippen LogP contribution in [0.1, 0.15) is 12.5 Å². The number of hydrogen-bond acceptors (Lipinski definition) is 3. The molecule has 7 heteroatoms. The molecule has 0 bridgehead atoms. The van der Waals surface area contributed by atoms with Gasteiger partial charge in [-0.2, -0.15) is 0 Å². The first kappa shape index (κ1) is 16.5. The molecule has 1 unspecified atom stereocenters. The highest BCUT2D eigenvalue weighted by molar-refractivity contribution is 6.27. The Hall–Kier alpha value is -2.34. The molecule has 0 amide bonds. The van der Waals surface area contributed by atoms with Crippen molar-refractivity contribution in [3.63, 3.8) is 0 Å². The van der Waals surface area contributed by atoms with Crippen molar-refractivity contribution in [1.29, 1.82) is 0 Å². The Balaban J connectivity index is 1.76. The maximum atomic E-state index is 12.2. The largest absolute Gasteiger partial charge is 0.573 e. The Kier molecular flexibility index (Phi) is 4.32. The van der Waals surface area contributed by atoms with Gasteiger partial charge in [0.25, 0.3) is 0 Å². The predicted octanol–water partition coefficient (Wildman–Crippen LogP) is 5.40. The lowest BCUT2D eigenvalue weighted by molar-refractivity contribution is -0.274. The number of nitrogens with one attached hydrogen (secondary N) is 1. The van der Waals surface area contributed by atoms with E-state index in [0.29, 0.717) is 5.69 Å². The molecule has 1 aliphatic heterocycles. The molecular weight excluding hydrogens is 341 g/mol. The van der Waals surface area contributed by atoms with Gasteiger partial charge in [-0.25, -0.2) is 0 Å². The van der Waals surface area contributed by atoms with Crippen molar-refractivity contribution in [3.05, 3.63) is 60.2 Å². The molecule has 1 atom stereocenters. The monoisotopic (exact) mass is 354 g/mol. The highest BCUT2D eigenvalue weighted by atomic mass is 35.5. The topological polar surface area (TPSA) is 24.5 Å². The van der Waals surface area contributed by atoms with E-state index in [2.05, 4.69) is 10.1 Å². The molecule has 1 heterocycles. The Morgan fingerprint density at radius 3 is 2.42 bits per heavy atom. The summed E-state index contributed by atoms with van der Waals surface area (Å²) in [6.07, 6.45) is -3.07. The number of rotatable bonds is 3. The molecule has 24 heavy (non-hydrogen) atoms. The number of fused-ring (bicyclic) bond motifs is 1. The summed E-state index contributed by atoms with van der Waals surface area (Å²) in [7, 11) is 0. The molecular formula is C17H14ClF3N2O. The first-order chi connectivity index (χ1) is 11.3. The van der Waals surface area contributed by atoms with Crippen molar-refractivity contribution in [2.24, 2.45) is 0 Å². The van der Waals surface area contributed by atoms with Gasteiger partial charge in [0.05, 0.1) is 5.69 Å². The van der Waals surface area contributed by atoms with Crippen LogP contribution in [0.15, 0.2) is 54.6 Å². The summed E-state index contributed by atoms with van der Waals surface area (Å²) >= 11 is 6.40. The molecule has 3 nitrogen and oxygen atoms in total. The van der Waals surface area contributed by atoms with Crippen LogP contribution in [-0.2, 0) is 0 Å². The van der Waals surface area contributed by atoms with Crippen molar-refractivity contribution in [1.82, 2.24) is 0 Å². The summed E-state index contributed by atoms with van der Waals surface area (Å²) < 4.78 is 42.0. The number of benzene rings is 2. The van der Waals surface area contributed by atoms with Crippen LogP contribution in [0, 0.1) is 0 Å². The van der Waals surface area contributed by atoms with E-state index in [-0.39, 0.29) is 11.9 Å². The fourth-order valence-electron chi connectivity index (χ4n) is 2.56. The van der Waals surface area contributed by atoms with Crippen molar-refractivity contribution in [2.45, 2.75) is 19.5 Å². The Morgan fingerprint density at radius 2 is 1.75 bits per heavy atom. The van der Waals surface area contributed by atoms with Crippen molar-refractivity contribution in [2.75, 3.05) is 9.74 Å². The fraction of sp³-hybridized carbons (Fsp3) is 0.176. The third-order valence-corrected chi connectivity index (χ3v) is 4.01. The molecule has 0 saturated carbocycles. The Morgan fingerprint density at radius 1 is 1.08 bits per heavy atom. The second kappa shape index (κ2) is 6.28. The van der Waals surface area contributed by atoms with Crippen LogP contribution in [0.25, 0.3) is 5.57 Å². The van der Waals surface area contributed by atoms with Crippen LogP contribution in [0.2, 0.25) is 0 Å². The van der Waals surface area contributed by atoms with E-state index in [1.165, 1.54) is 24.3 Å². The van der Waals surface area contributed by atoms with Crippen molar-refractivity contribution in [3.8, 4) is 5.75 Å². The zero-order valence-electron chi connectivity index (χ0n) is 12.6. The van der Waals surface area contributed by atoms with E-state index in [0.717, 1.165) is 16.8 Å². The second-order valence-corrected chi connectivity index (χ2v) is 5.70. The van der Waals surface area contributed by atoms with Crippen molar-refractivity contribution < 1.29 is 17.9 Å². The van der Waals surface area contributed by atoms with E-state index < -0.39 is 6.36 Å². The lowest BCUT2D eigenvalue weighted by Crippen LogP contribution is -2.35. The molecule has 0 spiro atoms. The van der Waals surface area contributed by atoms with Gasteiger partial charge in [0.2, 0.25) is 0 Å². The van der Waals surface area contributed by atoms with Gasteiger partial charge >= 0.3 is 6.36 Å². The van der Waals surface area contributed by atoms with E-state index in [1.54, 1.807) is 4.42 Å². The maximum Gasteiger partial charge on any atom is 0.573 e. The minimum Gasteiger partial charge on any atom is -0.406 e. The lowest BCUT2D eigenvalue weighted by Gasteiger charge is -2.32. The molecule has 2 aromatic rings. The van der Waals surface area contributed by atoms with Gasteiger partial charge in [-0.15, -0.1) is 13.2 Å². The summed E-state index contributed by atoms with van der Waals surface area (Å²) in [5.41, 5.74) is 3.61. The zero-order chi connectivity index (χ0) is 17.3. The molecule has 126 valence electrons. The van der Waals surface area contributed by atoms with Gasteiger partial charge in [0, 0.05) is 23.0 Å². The third kappa shape index (κ3) is 3.59. The van der Waals surface area contributed by atoms with E-state index in [9.17, 15) is 13.2 Å². The van der Waals surface area contributed by atoms with Crippen LogP contribution in [0.3, 0.4) is 0 Å². The van der Waals surface area contributed by atoms with Gasteiger partial charge < -0.3 is 10.1 Å². The molecule has 0 saturated heterocycles. The molecule has 0 aliphatic carbocycles. The maximum absolute atomic E-state index is 12.2. The van der Waals surface area contributed by atoms with E-state index >= 15 is 0 Å². The number of para-hydroxylation sites is 1. The van der Waals surface area contributed by atoms with Gasteiger partial charge in [0.15, 0.2) is 0 Å². The molecule has 1 N–H and O–H groups in total. The zero-order valence-corrected chi connectivity index (χ0v) is 13.4. The highest BCUT2D eigenvalue weighted by Gasteiger charge is 2.31.